The third-order valence-corrected chi connectivity index (χ3v) is 4.95. The predicted octanol–water partition coefficient (Wildman–Crippen LogP) is 3.91. The van der Waals surface area contributed by atoms with Crippen LogP contribution in [0.5, 0.6) is 11.5 Å². The molecule has 2 aromatic carbocycles. The van der Waals surface area contributed by atoms with Gasteiger partial charge in [0, 0.05) is 23.4 Å². The Bertz CT molecular complexity index is 1100. The van der Waals surface area contributed by atoms with Crippen molar-refractivity contribution in [2.45, 2.75) is 19.3 Å². The van der Waals surface area contributed by atoms with Crippen LogP contribution in [0.25, 0.3) is 5.69 Å². The predicted molar refractivity (Wildman–Crippen MR) is 103 cm³/mol. The molecule has 0 saturated carbocycles. The van der Waals surface area contributed by atoms with Crippen molar-refractivity contribution in [3.8, 4) is 17.2 Å². The van der Waals surface area contributed by atoms with Gasteiger partial charge in [0.1, 0.15) is 11.5 Å². The molecule has 8 heteroatoms. The van der Waals surface area contributed by atoms with E-state index in [1.807, 2.05) is 0 Å². The van der Waals surface area contributed by atoms with E-state index >= 15 is 0 Å². The van der Waals surface area contributed by atoms with Crippen LogP contribution in [-0.4, -0.2) is 29.9 Å². The zero-order valence-corrected chi connectivity index (χ0v) is 16.0. The van der Waals surface area contributed by atoms with Crippen molar-refractivity contribution in [2.75, 3.05) is 19.5 Å². The van der Waals surface area contributed by atoms with Crippen LogP contribution in [0.1, 0.15) is 28.2 Å². The monoisotopic (exact) mass is 399 g/mol. The number of hydrogen-bond donors (Lipinski definition) is 1. The Balaban J connectivity index is 1.71. The van der Waals surface area contributed by atoms with Gasteiger partial charge in [0.25, 0.3) is 5.91 Å². The first-order valence-corrected chi connectivity index (χ1v) is 9.12. The number of carbonyl (C=O) groups excluding carboxylic acids is 1. The Morgan fingerprint density at radius 3 is 2.52 bits per heavy atom. The highest BCUT2D eigenvalue weighted by Gasteiger charge is 2.28. The molecule has 1 aliphatic rings. The van der Waals surface area contributed by atoms with Crippen LogP contribution >= 0.6 is 0 Å². The second kappa shape index (κ2) is 7.54. The fraction of sp³-hybridized carbons (Fsp3) is 0.238. The Morgan fingerprint density at radius 2 is 1.79 bits per heavy atom. The van der Waals surface area contributed by atoms with Gasteiger partial charge in [0.05, 0.1) is 19.9 Å². The van der Waals surface area contributed by atoms with Gasteiger partial charge in [-0.15, -0.1) is 0 Å². The molecule has 1 aliphatic carbocycles. The Morgan fingerprint density at radius 1 is 1.07 bits per heavy atom. The van der Waals surface area contributed by atoms with Gasteiger partial charge < -0.3 is 14.8 Å². The van der Waals surface area contributed by atoms with Gasteiger partial charge in [-0.2, -0.15) is 5.10 Å². The van der Waals surface area contributed by atoms with Crippen LogP contribution in [0, 0.1) is 11.6 Å². The minimum Gasteiger partial charge on any atom is -0.493 e. The summed E-state index contributed by atoms with van der Waals surface area (Å²) in [4.78, 5) is 12.9. The van der Waals surface area contributed by atoms with Crippen LogP contribution in [0.3, 0.4) is 0 Å². The quantitative estimate of drug-likeness (QED) is 0.707. The number of anilines is 1. The molecule has 0 saturated heterocycles. The second-order valence-corrected chi connectivity index (χ2v) is 6.63. The van der Waals surface area contributed by atoms with E-state index in [9.17, 15) is 13.6 Å². The Labute approximate surface area is 166 Å². The van der Waals surface area contributed by atoms with E-state index < -0.39 is 17.5 Å². The highest BCUT2D eigenvalue weighted by molar-refractivity contribution is 6.04. The zero-order valence-electron chi connectivity index (χ0n) is 16.0. The average Bonchev–Trinajstić information content (AvgIpc) is 3.32. The van der Waals surface area contributed by atoms with Crippen molar-refractivity contribution in [1.29, 1.82) is 0 Å². The first-order chi connectivity index (χ1) is 14.0. The molecule has 4 rings (SSSR count). The topological polar surface area (TPSA) is 65.4 Å². The van der Waals surface area contributed by atoms with Crippen LogP contribution in [0.4, 0.5) is 14.5 Å². The van der Waals surface area contributed by atoms with Gasteiger partial charge in [0.2, 0.25) is 0 Å². The summed E-state index contributed by atoms with van der Waals surface area (Å²) >= 11 is 0. The molecule has 0 aliphatic heterocycles. The van der Waals surface area contributed by atoms with Gasteiger partial charge in [0.15, 0.2) is 23.0 Å². The molecular formula is C21H19F2N3O3. The summed E-state index contributed by atoms with van der Waals surface area (Å²) in [5, 5.41) is 6.89. The van der Waals surface area contributed by atoms with E-state index in [2.05, 4.69) is 10.4 Å². The highest BCUT2D eigenvalue weighted by Crippen LogP contribution is 2.33. The standard InChI is InChI=1S/C21H19F2N3O3/c1-28-18-10-14(23)15(11-19(18)29-2)24-21(27)20-12-6-5-9-16(12)26(25-20)17-8-4-3-7-13(17)22/h3-4,7-8,10-11H,5-6,9H2,1-2H3,(H,24,27). The number of hydrogen-bond acceptors (Lipinski definition) is 4. The maximum absolute atomic E-state index is 14.4. The lowest BCUT2D eigenvalue weighted by molar-refractivity contribution is 0.102. The van der Waals surface area contributed by atoms with Crippen molar-refractivity contribution in [1.82, 2.24) is 9.78 Å². The van der Waals surface area contributed by atoms with Crippen LogP contribution in [-0.2, 0) is 12.8 Å². The van der Waals surface area contributed by atoms with Crippen molar-refractivity contribution in [2.24, 2.45) is 0 Å². The summed E-state index contributed by atoms with van der Waals surface area (Å²) < 4.78 is 40.4. The first-order valence-electron chi connectivity index (χ1n) is 9.12. The molecule has 150 valence electrons. The number of halogens is 2. The second-order valence-electron chi connectivity index (χ2n) is 6.63. The fourth-order valence-corrected chi connectivity index (χ4v) is 3.57. The lowest BCUT2D eigenvalue weighted by Crippen LogP contribution is -2.16. The summed E-state index contributed by atoms with van der Waals surface area (Å²) in [6.07, 6.45) is 2.18. The maximum atomic E-state index is 14.4. The molecule has 1 aromatic heterocycles. The number of aromatic nitrogens is 2. The normalized spacial score (nSPS) is 12.6. The number of benzene rings is 2. The summed E-state index contributed by atoms with van der Waals surface area (Å²) in [7, 11) is 2.82. The number of nitrogens with zero attached hydrogens (tertiary/aromatic N) is 2. The van der Waals surface area contributed by atoms with Crippen LogP contribution in [0.2, 0.25) is 0 Å². The van der Waals surface area contributed by atoms with Gasteiger partial charge in [-0.3, -0.25) is 4.79 Å². The molecule has 1 amide bonds. The smallest absolute Gasteiger partial charge is 0.276 e. The molecule has 0 radical (unpaired) electrons. The number of para-hydroxylation sites is 1. The van der Waals surface area contributed by atoms with Gasteiger partial charge in [-0.05, 0) is 31.4 Å². The number of carbonyl (C=O) groups is 1. The van der Waals surface area contributed by atoms with Crippen LogP contribution in [0.15, 0.2) is 36.4 Å². The van der Waals surface area contributed by atoms with E-state index in [-0.39, 0.29) is 28.6 Å². The van der Waals surface area contributed by atoms with Gasteiger partial charge >= 0.3 is 0 Å². The van der Waals surface area contributed by atoms with E-state index in [0.717, 1.165) is 23.7 Å². The van der Waals surface area contributed by atoms with E-state index in [0.29, 0.717) is 12.8 Å². The lowest BCUT2D eigenvalue weighted by Gasteiger charge is -2.11. The first kappa shape index (κ1) is 18.9. The number of nitrogens with one attached hydrogen (secondary N) is 1. The fourth-order valence-electron chi connectivity index (χ4n) is 3.57. The molecular weight excluding hydrogens is 380 g/mol. The molecule has 0 unspecified atom stereocenters. The van der Waals surface area contributed by atoms with Crippen LogP contribution < -0.4 is 14.8 Å². The molecule has 0 atom stereocenters. The SMILES string of the molecule is COc1cc(F)c(NC(=O)c2nn(-c3ccccc3F)c3c2CCC3)cc1OC. The Hall–Kier alpha value is -3.42. The average molecular weight is 399 g/mol. The number of rotatable bonds is 5. The lowest BCUT2D eigenvalue weighted by atomic mass is 10.2. The number of amides is 1. The van der Waals surface area contributed by atoms with Gasteiger partial charge in [-0.25, -0.2) is 13.5 Å². The van der Waals surface area contributed by atoms with Gasteiger partial charge in [-0.1, -0.05) is 12.1 Å². The minimum atomic E-state index is -0.666. The number of ether oxygens (including phenoxy) is 2. The van der Waals surface area contributed by atoms with Crippen molar-refractivity contribution < 1.29 is 23.0 Å². The van der Waals surface area contributed by atoms with E-state index in [1.54, 1.807) is 18.2 Å². The molecule has 1 N–H and O–H groups in total. The molecule has 6 nitrogen and oxygen atoms in total. The highest BCUT2D eigenvalue weighted by atomic mass is 19.1. The molecule has 1 heterocycles. The summed E-state index contributed by atoms with van der Waals surface area (Å²) in [6, 6.07) is 8.74. The summed E-state index contributed by atoms with van der Waals surface area (Å²) in [5.41, 5.74) is 1.94. The van der Waals surface area contributed by atoms with E-state index in [1.165, 1.54) is 31.0 Å². The summed E-state index contributed by atoms with van der Waals surface area (Å²) in [6.45, 7) is 0. The molecule has 0 bridgehead atoms. The molecule has 3 aromatic rings. The molecule has 0 fully saturated rings. The molecule has 29 heavy (non-hydrogen) atoms. The summed E-state index contributed by atoms with van der Waals surface area (Å²) in [5.74, 6) is -1.16. The zero-order chi connectivity index (χ0) is 20.5. The van der Waals surface area contributed by atoms with Crippen molar-refractivity contribution >= 4 is 11.6 Å². The van der Waals surface area contributed by atoms with Crippen molar-refractivity contribution in [3.63, 3.8) is 0 Å². The largest absolute Gasteiger partial charge is 0.493 e. The number of fused-ring (bicyclic) bond motifs is 1. The molecule has 0 spiro atoms. The third kappa shape index (κ3) is 3.30. The van der Waals surface area contributed by atoms with E-state index in [4.69, 9.17) is 9.47 Å². The number of methoxy groups -OCH3 is 2. The third-order valence-electron chi connectivity index (χ3n) is 4.95. The maximum Gasteiger partial charge on any atom is 0.276 e. The van der Waals surface area contributed by atoms with Crippen molar-refractivity contribution in [3.05, 3.63) is 65.0 Å². The Kier molecular flexibility index (Phi) is 4.92. The minimum absolute atomic E-state index is 0.0557.